The Hall–Kier alpha value is -0.910. The lowest BCUT2D eigenvalue weighted by atomic mass is 9.99. The quantitative estimate of drug-likeness (QED) is 0.782. The van der Waals surface area contributed by atoms with E-state index in [4.69, 9.17) is 0 Å². The van der Waals surface area contributed by atoms with Gasteiger partial charge in [0.1, 0.15) is 0 Å². The summed E-state index contributed by atoms with van der Waals surface area (Å²) in [5, 5.41) is 3.48. The summed E-state index contributed by atoms with van der Waals surface area (Å²) in [6.07, 6.45) is 5.62. The maximum absolute atomic E-state index is 11.6. The molecule has 0 spiro atoms. The zero-order chi connectivity index (χ0) is 15.1. The second-order valence-corrected chi connectivity index (χ2v) is 7.90. The van der Waals surface area contributed by atoms with E-state index >= 15 is 0 Å². The summed E-state index contributed by atoms with van der Waals surface area (Å²) < 4.78 is 24.8. The van der Waals surface area contributed by atoms with Crippen LogP contribution in [0.25, 0.3) is 0 Å². The third kappa shape index (κ3) is 5.77. The highest BCUT2D eigenvalue weighted by Crippen LogP contribution is 2.17. The number of hydrogen-bond acceptors (Lipinski definition) is 3. The van der Waals surface area contributed by atoms with E-state index in [2.05, 4.69) is 29.6 Å². The summed E-state index contributed by atoms with van der Waals surface area (Å²) in [7, 11) is -3.02. The Morgan fingerprint density at radius 2 is 2.05 bits per heavy atom. The molecule has 21 heavy (non-hydrogen) atoms. The molecule has 0 aliphatic carbocycles. The van der Waals surface area contributed by atoms with Crippen LogP contribution >= 0.6 is 0 Å². The lowest BCUT2D eigenvalue weighted by molar-refractivity contribution is 0.261. The van der Waals surface area contributed by atoms with Gasteiger partial charge in [0.25, 0.3) is 0 Å². The van der Waals surface area contributed by atoms with E-state index in [0.29, 0.717) is 19.0 Å². The molecule has 1 fully saturated rings. The Bertz CT molecular complexity index is 516. The summed E-state index contributed by atoms with van der Waals surface area (Å²) in [5.41, 5.74) is 1.38. The fourth-order valence-electron chi connectivity index (χ4n) is 2.86. The first-order valence-electron chi connectivity index (χ1n) is 7.75. The van der Waals surface area contributed by atoms with Crippen molar-refractivity contribution in [2.45, 2.75) is 25.7 Å². The summed E-state index contributed by atoms with van der Waals surface area (Å²) in [6, 6.07) is 10.5. The summed E-state index contributed by atoms with van der Waals surface area (Å²) >= 11 is 0. The molecule has 1 N–H and O–H groups in total. The van der Waals surface area contributed by atoms with Crippen LogP contribution < -0.4 is 5.32 Å². The minimum absolute atomic E-state index is 0.449. The third-order valence-corrected chi connectivity index (χ3v) is 5.32. The number of benzene rings is 1. The molecule has 5 heteroatoms. The molecule has 2 rings (SSSR count). The maximum atomic E-state index is 11.6. The molecular weight excluding hydrogens is 284 g/mol. The Morgan fingerprint density at radius 1 is 1.29 bits per heavy atom. The van der Waals surface area contributed by atoms with E-state index in [0.717, 1.165) is 38.8 Å². The van der Waals surface area contributed by atoms with E-state index in [-0.39, 0.29) is 0 Å². The van der Waals surface area contributed by atoms with Crippen molar-refractivity contribution >= 4 is 10.0 Å². The van der Waals surface area contributed by atoms with Crippen molar-refractivity contribution in [3.05, 3.63) is 35.9 Å². The molecule has 0 aromatic heterocycles. The molecule has 1 aliphatic rings. The number of hydrogen-bond donors (Lipinski definition) is 1. The summed E-state index contributed by atoms with van der Waals surface area (Å²) in [5.74, 6) is 0.449. The minimum atomic E-state index is -3.02. The predicted molar refractivity (Wildman–Crippen MR) is 86.8 cm³/mol. The average Bonchev–Trinajstić information content (AvgIpc) is 2.47. The Morgan fingerprint density at radius 3 is 2.76 bits per heavy atom. The largest absolute Gasteiger partial charge is 0.316 e. The second-order valence-electron chi connectivity index (χ2n) is 5.92. The zero-order valence-electron chi connectivity index (χ0n) is 12.8. The van der Waals surface area contributed by atoms with E-state index in [9.17, 15) is 8.42 Å². The first kappa shape index (κ1) is 16.5. The number of nitrogens with zero attached hydrogens (tertiary/aromatic N) is 1. The zero-order valence-corrected chi connectivity index (χ0v) is 13.6. The second kappa shape index (κ2) is 7.92. The van der Waals surface area contributed by atoms with Crippen LogP contribution in [0.5, 0.6) is 0 Å². The van der Waals surface area contributed by atoms with Crippen LogP contribution in [0, 0.1) is 5.92 Å². The highest BCUT2D eigenvalue weighted by molar-refractivity contribution is 7.88. The SMILES string of the molecule is CS(=O)(=O)N1CCCC(CNCCCc2ccccc2)C1. The molecule has 1 atom stereocenters. The van der Waals surface area contributed by atoms with Gasteiger partial charge in [-0.15, -0.1) is 0 Å². The number of sulfonamides is 1. The van der Waals surface area contributed by atoms with Gasteiger partial charge in [-0.25, -0.2) is 12.7 Å². The van der Waals surface area contributed by atoms with E-state index in [1.165, 1.54) is 11.8 Å². The van der Waals surface area contributed by atoms with Crippen molar-refractivity contribution < 1.29 is 8.42 Å². The molecule has 1 saturated heterocycles. The van der Waals surface area contributed by atoms with Gasteiger partial charge < -0.3 is 5.32 Å². The lowest BCUT2D eigenvalue weighted by Crippen LogP contribution is -2.42. The van der Waals surface area contributed by atoms with Crippen LogP contribution in [-0.2, 0) is 16.4 Å². The van der Waals surface area contributed by atoms with E-state index < -0.39 is 10.0 Å². The molecule has 1 unspecified atom stereocenters. The Kier molecular flexibility index (Phi) is 6.21. The number of rotatable bonds is 7. The van der Waals surface area contributed by atoms with Crippen LogP contribution in [0.3, 0.4) is 0 Å². The fourth-order valence-corrected chi connectivity index (χ4v) is 3.81. The molecule has 0 bridgehead atoms. The average molecular weight is 310 g/mol. The lowest BCUT2D eigenvalue weighted by Gasteiger charge is -2.31. The molecular formula is C16H26N2O2S. The first-order chi connectivity index (χ1) is 10.1. The van der Waals surface area contributed by atoms with Gasteiger partial charge in [0, 0.05) is 13.1 Å². The van der Waals surface area contributed by atoms with Crippen LogP contribution in [0.2, 0.25) is 0 Å². The van der Waals surface area contributed by atoms with E-state index in [1.54, 1.807) is 4.31 Å². The van der Waals surface area contributed by atoms with Crippen molar-refractivity contribution in [2.75, 3.05) is 32.4 Å². The molecule has 118 valence electrons. The molecule has 0 saturated carbocycles. The van der Waals surface area contributed by atoms with Crippen molar-refractivity contribution in [3.8, 4) is 0 Å². The minimum Gasteiger partial charge on any atom is -0.316 e. The number of nitrogens with one attached hydrogen (secondary N) is 1. The molecule has 1 heterocycles. The smallest absolute Gasteiger partial charge is 0.211 e. The van der Waals surface area contributed by atoms with Crippen molar-refractivity contribution in [3.63, 3.8) is 0 Å². The predicted octanol–water partition coefficient (Wildman–Crippen LogP) is 1.88. The number of piperidine rings is 1. The van der Waals surface area contributed by atoms with Gasteiger partial charge >= 0.3 is 0 Å². The molecule has 1 aliphatic heterocycles. The molecule has 1 aromatic rings. The monoisotopic (exact) mass is 310 g/mol. The Labute approximate surface area is 128 Å². The third-order valence-electron chi connectivity index (χ3n) is 4.05. The molecule has 0 amide bonds. The van der Waals surface area contributed by atoms with Gasteiger partial charge in [-0.2, -0.15) is 0 Å². The van der Waals surface area contributed by atoms with Gasteiger partial charge in [-0.05, 0) is 50.3 Å². The van der Waals surface area contributed by atoms with Crippen molar-refractivity contribution in [2.24, 2.45) is 5.92 Å². The molecule has 1 aromatic carbocycles. The maximum Gasteiger partial charge on any atom is 0.211 e. The van der Waals surface area contributed by atoms with Crippen LogP contribution in [0.15, 0.2) is 30.3 Å². The normalized spacial score (nSPS) is 20.5. The highest BCUT2D eigenvalue weighted by atomic mass is 32.2. The molecule has 4 nitrogen and oxygen atoms in total. The van der Waals surface area contributed by atoms with Crippen molar-refractivity contribution in [1.29, 1.82) is 0 Å². The van der Waals surface area contributed by atoms with Gasteiger partial charge in [0.05, 0.1) is 6.26 Å². The summed E-state index contributed by atoms with van der Waals surface area (Å²) in [6.45, 7) is 3.26. The first-order valence-corrected chi connectivity index (χ1v) is 9.60. The molecule has 0 radical (unpaired) electrons. The van der Waals surface area contributed by atoms with Crippen LogP contribution in [-0.4, -0.2) is 45.2 Å². The fraction of sp³-hybridized carbons (Fsp3) is 0.625. The standard InChI is InChI=1S/C16H26N2O2S/c1-21(19,20)18-12-6-10-16(14-18)13-17-11-5-9-15-7-3-2-4-8-15/h2-4,7-8,16-17H,5-6,9-14H2,1H3. The van der Waals surface area contributed by atoms with Crippen molar-refractivity contribution in [1.82, 2.24) is 9.62 Å². The van der Waals surface area contributed by atoms with Gasteiger partial charge in [-0.3, -0.25) is 0 Å². The van der Waals surface area contributed by atoms with Crippen LogP contribution in [0.4, 0.5) is 0 Å². The summed E-state index contributed by atoms with van der Waals surface area (Å²) in [4.78, 5) is 0. The highest BCUT2D eigenvalue weighted by Gasteiger charge is 2.25. The number of aryl methyl sites for hydroxylation is 1. The van der Waals surface area contributed by atoms with Gasteiger partial charge in [0.2, 0.25) is 10.0 Å². The van der Waals surface area contributed by atoms with Crippen LogP contribution in [0.1, 0.15) is 24.8 Å². The van der Waals surface area contributed by atoms with Gasteiger partial charge in [-0.1, -0.05) is 30.3 Å². The Balaban J connectivity index is 1.62. The topological polar surface area (TPSA) is 49.4 Å². The van der Waals surface area contributed by atoms with Gasteiger partial charge in [0.15, 0.2) is 0 Å². The van der Waals surface area contributed by atoms with E-state index in [1.807, 2.05) is 6.07 Å².